The van der Waals surface area contributed by atoms with Gasteiger partial charge in [0.05, 0.1) is 0 Å². The van der Waals surface area contributed by atoms with Gasteiger partial charge in [-0.25, -0.2) is 5.84 Å². The molecule has 6 nitrogen and oxygen atoms in total. The van der Waals surface area contributed by atoms with Crippen LogP contribution in [0.15, 0.2) is 12.1 Å². The van der Waals surface area contributed by atoms with E-state index in [-0.39, 0.29) is 17.6 Å². The van der Waals surface area contributed by atoms with Crippen LogP contribution >= 0.6 is 0 Å². The van der Waals surface area contributed by atoms with Crippen LogP contribution in [0.1, 0.15) is 31.3 Å². The number of nitrogens with one attached hydrogen (secondary N) is 2. The topological polar surface area (TPSA) is 92.9 Å². The van der Waals surface area contributed by atoms with Crippen molar-refractivity contribution >= 4 is 11.7 Å². The molecule has 1 amide bonds. The zero-order valence-electron chi connectivity index (χ0n) is 9.69. The smallest absolute Gasteiger partial charge is 0.272 e. The molecular weight excluding hydrogens is 206 g/mol. The minimum atomic E-state index is -0.225. The molecule has 16 heavy (non-hydrogen) atoms. The van der Waals surface area contributed by atoms with E-state index in [1.807, 2.05) is 20.8 Å². The minimum absolute atomic E-state index is 0.0987. The number of nitrogen functional groups attached to an aromatic ring is 1. The number of anilines is 1. The van der Waals surface area contributed by atoms with Gasteiger partial charge in [-0.05, 0) is 25.0 Å². The second kappa shape index (κ2) is 5.41. The van der Waals surface area contributed by atoms with Crippen LogP contribution in [0.5, 0.6) is 0 Å². The second-order valence-corrected chi connectivity index (χ2v) is 3.95. The van der Waals surface area contributed by atoms with E-state index in [2.05, 4.69) is 20.9 Å². The highest BCUT2D eigenvalue weighted by Crippen LogP contribution is 2.03. The number of hydrogen-bond acceptors (Lipinski definition) is 5. The molecule has 0 fully saturated rings. The molecule has 88 valence electrons. The molecule has 0 saturated carbocycles. The Morgan fingerprint density at radius 1 is 1.31 bits per heavy atom. The highest BCUT2D eigenvalue weighted by molar-refractivity contribution is 5.92. The van der Waals surface area contributed by atoms with E-state index < -0.39 is 0 Å². The van der Waals surface area contributed by atoms with E-state index in [0.29, 0.717) is 11.7 Å². The van der Waals surface area contributed by atoms with E-state index in [1.54, 1.807) is 12.1 Å². The number of rotatable bonds is 4. The summed E-state index contributed by atoms with van der Waals surface area (Å²) >= 11 is 0. The van der Waals surface area contributed by atoms with Crippen LogP contribution in [0.4, 0.5) is 5.82 Å². The van der Waals surface area contributed by atoms with Crippen LogP contribution in [-0.4, -0.2) is 22.1 Å². The van der Waals surface area contributed by atoms with Crippen LogP contribution in [0.25, 0.3) is 0 Å². The third-order valence-corrected chi connectivity index (χ3v) is 2.40. The van der Waals surface area contributed by atoms with Crippen molar-refractivity contribution in [3.63, 3.8) is 0 Å². The second-order valence-electron chi connectivity index (χ2n) is 3.95. The minimum Gasteiger partial charge on any atom is -0.348 e. The number of nitrogens with zero attached hydrogens (tertiary/aromatic N) is 2. The summed E-state index contributed by atoms with van der Waals surface area (Å²) in [7, 11) is 0. The van der Waals surface area contributed by atoms with Gasteiger partial charge in [0, 0.05) is 6.04 Å². The Bertz CT molecular complexity index is 349. The molecule has 1 unspecified atom stereocenters. The first-order valence-electron chi connectivity index (χ1n) is 5.15. The third kappa shape index (κ3) is 3.16. The standard InChI is InChI=1S/C10H17N5O/c1-6(2)7(3)12-10(16)8-4-5-9(13-11)15-14-8/h4-7H,11H2,1-3H3,(H,12,16)(H,13,15). The molecule has 0 aliphatic heterocycles. The van der Waals surface area contributed by atoms with Crippen molar-refractivity contribution in [1.82, 2.24) is 15.5 Å². The summed E-state index contributed by atoms with van der Waals surface area (Å²) in [5.74, 6) is 5.72. The molecule has 1 aromatic heterocycles. The number of aromatic nitrogens is 2. The quantitative estimate of drug-likeness (QED) is 0.511. The summed E-state index contributed by atoms with van der Waals surface area (Å²) in [5, 5.41) is 10.3. The SMILES string of the molecule is CC(C)C(C)NC(=O)c1ccc(NN)nn1. The first kappa shape index (κ1) is 12.4. The Kier molecular flexibility index (Phi) is 4.19. The predicted molar refractivity (Wildman–Crippen MR) is 61.6 cm³/mol. The normalized spacial score (nSPS) is 12.3. The summed E-state index contributed by atoms with van der Waals surface area (Å²) in [6, 6.07) is 3.27. The van der Waals surface area contributed by atoms with Crippen LogP contribution < -0.4 is 16.6 Å². The van der Waals surface area contributed by atoms with Crippen molar-refractivity contribution in [2.75, 3.05) is 5.43 Å². The Morgan fingerprint density at radius 2 is 2.00 bits per heavy atom. The molecule has 0 spiro atoms. The van der Waals surface area contributed by atoms with Crippen LogP contribution in [0, 0.1) is 5.92 Å². The Hall–Kier alpha value is -1.69. The summed E-state index contributed by atoms with van der Waals surface area (Å²) in [6.45, 7) is 6.03. The molecule has 0 radical (unpaired) electrons. The molecule has 0 aliphatic carbocycles. The summed E-state index contributed by atoms with van der Waals surface area (Å²) < 4.78 is 0. The van der Waals surface area contributed by atoms with E-state index in [0.717, 1.165) is 0 Å². The zero-order chi connectivity index (χ0) is 12.1. The maximum Gasteiger partial charge on any atom is 0.272 e. The Labute approximate surface area is 94.6 Å². The van der Waals surface area contributed by atoms with E-state index >= 15 is 0 Å². The average molecular weight is 223 g/mol. The third-order valence-electron chi connectivity index (χ3n) is 2.40. The van der Waals surface area contributed by atoms with Gasteiger partial charge in [-0.15, -0.1) is 10.2 Å². The first-order valence-corrected chi connectivity index (χ1v) is 5.15. The Balaban J connectivity index is 2.66. The van der Waals surface area contributed by atoms with Gasteiger partial charge in [0.25, 0.3) is 5.91 Å². The molecule has 1 atom stereocenters. The van der Waals surface area contributed by atoms with Crippen LogP contribution in [-0.2, 0) is 0 Å². The first-order chi connectivity index (χ1) is 7.54. The lowest BCUT2D eigenvalue weighted by Crippen LogP contribution is -2.36. The highest BCUT2D eigenvalue weighted by Gasteiger charge is 2.13. The van der Waals surface area contributed by atoms with Gasteiger partial charge in [0.15, 0.2) is 11.5 Å². The fourth-order valence-corrected chi connectivity index (χ4v) is 0.978. The van der Waals surface area contributed by atoms with Crippen molar-refractivity contribution in [3.8, 4) is 0 Å². The molecule has 6 heteroatoms. The molecule has 0 aliphatic rings. The molecule has 4 N–H and O–H groups in total. The number of hydrazine groups is 1. The fourth-order valence-electron chi connectivity index (χ4n) is 0.978. The lowest BCUT2D eigenvalue weighted by atomic mass is 10.1. The van der Waals surface area contributed by atoms with E-state index in [9.17, 15) is 4.79 Å². The fraction of sp³-hybridized carbons (Fsp3) is 0.500. The number of carbonyl (C=O) groups is 1. The highest BCUT2D eigenvalue weighted by atomic mass is 16.2. The largest absolute Gasteiger partial charge is 0.348 e. The van der Waals surface area contributed by atoms with Gasteiger partial charge in [-0.1, -0.05) is 13.8 Å². The van der Waals surface area contributed by atoms with Crippen molar-refractivity contribution in [1.29, 1.82) is 0 Å². The van der Waals surface area contributed by atoms with Crippen molar-refractivity contribution in [2.24, 2.45) is 11.8 Å². The molecule has 0 saturated heterocycles. The van der Waals surface area contributed by atoms with Crippen molar-refractivity contribution < 1.29 is 4.79 Å². The maximum absolute atomic E-state index is 11.7. The zero-order valence-corrected chi connectivity index (χ0v) is 9.69. The monoisotopic (exact) mass is 223 g/mol. The summed E-state index contributed by atoms with van der Waals surface area (Å²) in [5.41, 5.74) is 2.63. The molecule has 1 aromatic rings. The number of amides is 1. The van der Waals surface area contributed by atoms with Gasteiger partial charge in [0.1, 0.15) is 0 Å². The van der Waals surface area contributed by atoms with Crippen molar-refractivity contribution in [3.05, 3.63) is 17.8 Å². The predicted octanol–water partition coefficient (Wildman–Crippen LogP) is 0.536. The van der Waals surface area contributed by atoms with E-state index in [1.165, 1.54) is 0 Å². The van der Waals surface area contributed by atoms with Crippen LogP contribution in [0.2, 0.25) is 0 Å². The molecule has 1 heterocycles. The maximum atomic E-state index is 11.7. The average Bonchev–Trinajstić information content (AvgIpc) is 2.28. The molecule has 0 aromatic carbocycles. The molecular formula is C10H17N5O. The lowest BCUT2D eigenvalue weighted by molar-refractivity contribution is 0.0924. The number of carbonyl (C=O) groups excluding carboxylic acids is 1. The molecule has 0 bridgehead atoms. The van der Waals surface area contributed by atoms with Gasteiger partial charge in [0.2, 0.25) is 0 Å². The van der Waals surface area contributed by atoms with Gasteiger partial charge >= 0.3 is 0 Å². The van der Waals surface area contributed by atoms with Gasteiger partial charge in [-0.2, -0.15) is 0 Å². The summed E-state index contributed by atoms with van der Waals surface area (Å²) in [6.07, 6.45) is 0. The lowest BCUT2D eigenvalue weighted by Gasteiger charge is -2.16. The van der Waals surface area contributed by atoms with Gasteiger partial charge < -0.3 is 10.7 Å². The van der Waals surface area contributed by atoms with E-state index in [4.69, 9.17) is 5.84 Å². The number of hydrogen-bond donors (Lipinski definition) is 3. The molecule has 1 rings (SSSR count). The number of nitrogens with two attached hydrogens (primary N) is 1. The summed E-state index contributed by atoms with van der Waals surface area (Å²) in [4.78, 5) is 11.7. The van der Waals surface area contributed by atoms with Crippen LogP contribution in [0.3, 0.4) is 0 Å². The van der Waals surface area contributed by atoms with Crippen molar-refractivity contribution in [2.45, 2.75) is 26.8 Å². The Morgan fingerprint density at radius 3 is 2.44 bits per heavy atom. The van der Waals surface area contributed by atoms with Gasteiger partial charge in [-0.3, -0.25) is 4.79 Å².